The van der Waals surface area contributed by atoms with Crippen LogP contribution in [0.3, 0.4) is 0 Å². The lowest BCUT2D eigenvalue weighted by Gasteiger charge is -2.21. The maximum Gasteiger partial charge on any atom is 0.156 e. The maximum absolute atomic E-state index is 4.58. The summed E-state index contributed by atoms with van der Waals surface area (Å²) >= 11 is 0. The molecular weight excluding hydrogens is 188 g/mol. The number of aromatic amines is 1. The van der Waals surface area contributed by atoms with Gasteiger partial charge in [-0.3, -0.25) is 5.10 Å². The molecule has 0 bridgehead atoms. The molecule has 1 fully saturated rings. The van der Waals surface area contributed by atoms with Crippen LogP contribution in [0, 0.1) is 0 Å². The van der Waals surface area contributed by atoms with Gasteiger partial charge in [0, 0.05) is 5.41 Å². The minimum absolute atomic E-state index is 0.0312. The Morgan fingerprint density at radius 1 is 1.27 bits per heavy atom. The standard InChI is InChI=1S/C11H20N4/c1-11(2,3)10-13-9(14-15-10)8-6-4-5-7-12-8/h8,12H,4-7H2,1-3H3,(H,13,14,15). The van der Waals surface area contributed by atoms with Gasteiger partial charge < -0.3 is 5.32 Å². The van der Waals surface area contributed by atoms with E-state index in [-0.39, 0.29) is 5.41 Å². The second-order valence-corrected chi connectivity index (χ2v) is 5.30. The Bertz CT molecular complexity index is 318. The van der Waals surface area contributed by atoms with E-state index in [1.165, 1.54) is 19.3 Å². The van der Waals surface area contributed by atoms with E-state index in [1.54, 1.807) is 0 Å². The molecule has 2 N–H and O–H groups in total. The Labute approximate surface area is 90.9 Å². The van der Waals surface area contributed by atoms with Gasteiger partial charge in [-0.15, -0.1) is 0 Å². The average molecular weight is 208 g/mol. The Kier molecular flexibility index (Phi) is 2.78. The normalized spacial score (nSPS) is 23.0. The minimum Gasteiger partial charge on any atom is -0.307 e. The van der Waals surface area contributed by atoms with Crippen LogP contribution in [0.4, 0.5) is 0 Å². The van der Waals surface area contributed by atoms with E-state index >= 15 is 0 Å². The Balaban J connectivity index is 2.12. The van der Waals surface area contributed by atoms with Crippen LogP contribution < -0.4 is 5.32 Å². The molecule has 0 spiro atoms. The van der Waals surface area contributed by atoms with E-state index in [9.17, 15) is 0 Å². The van der Waals surface area contributed by atoms with Crippen molar-refractivity contribution in [2.45, 2.75) is 51.5 Å². The summed E-state index contributed by atoms with van der Waals surface area (Å²) in [6.07, 6.45) is 3.72. The van der Waals surface area contributed by atoms with E-state index in [0.717, 1.165) is 18.2 Å². The van der Waals surface area contributed by atoms with Gasteiger partial charge in [0.05, 0.1) is 6.04 Å². The lowest BCUT2D eigenvalue weighted by Crippen LogP contribution is -2.27. The molecule has 2 heterocycles. The van der Waals surface area contributed by atoms with Gasteiger partial charge in [-0.2, -0.15) is 5.10 Å². The van der Waals surface area contributed by atoms with Gasteiger partial charge in [-0.25, -0.2) is 4.98 Å². The highest BCUT2D eigenvalue weighted by molar-refractivity contribution is 5.05. The molecule has 1 aromatic rings. The molecule has 0 amide bonds. The number of H-pyrrole nitrogens is 1. The van der Waals surface area contributed by atoms with Crippen LogP contribution >= 0.6 is 0 Å². The molecule has 84 valence electrons. The molecular formula is C11H20N4. The van der Waals surface area contributed by atoms with E-state index < -0.39 is 0 Å². The average Bonchev–Trinajstić information content (AvgIpc) is 2.67. The first-order chi connectivity index (χ1) is 7.07. The third kappa shape index (κ3) is 2.37. The van der Waals surface area contributed by atoms with Crippen molar-refractivity contribution in [3.63, 3.8) is 0 Å². The van der Waals surface area contributed by atoms with E-state index in [2.05, 4.69) is 41.3 Å². The first kappa shape index (κ1) is 10.6. The zero-order chi connectivity index (χ0) is 10.9. The number of aromatic nitrogens is 3. The summed E-state index contributed by atoms with van der Waals surface area (Å²) in [5.74, 6) is 1.91. The second kappa shape index (κ2) is 3.93. The summed E-state index contributed by atoms with van der Waals surface area (Å²) in [6.45, 7) is 7.49. The molecule has 2 rings (SSSR count). The van der Waals surface area contributed by atoms with Gasteiger partial charge in [0.1, 0.15) is 5.82 Å². The van der Waals surface area contributed by atoms with E-state index in [0.29, 0.717) is 6.04 Å². The van der Waals surface area contributed by atoms with Gasteiger partial charge in [-0.1, -0.05) is 27.2 Å². The van der Waals surface area contributed by atoms with Crippen molar-refractivity contribution >= 4 is 0 Å². The largest absolute Gasteiger partial charge is 0.307 e. The number of hydrogen-bond acceptors (Lipinski definition) is 3. The summed E-state index contributed by atoms with van der Waals surface area (Å²) in [6, 6.07) is 0.377. The highest BCUT2D eigenvalue weighted by Gasteiger charge is 2.23. The van der Waals surface area contributed by atoms with Crippen molar-refractivity contribution in [2.75, 3.05) is 6.54 Å². The SMILES string of the molecule is CC(C)(C)c1n[nH]c(C2CCCCN2)n1. The van der Waals surface area contributed by atoms with Crippen LogP contribution in [-0.2, 0) is 5.41 Å². The van der Waals surface area contributed by atoms with E-state index in [1.807, 2.05) is 0 Å². The first-order valence-corrected chi connectivity index (χ1v) is 5.73. The predicted octanol–water partition coefficient (Wildman–Crippen LogP) is 1.92. The number of piperidine rings is 1. The lowest BCUT2D eigenvalue weighted by atomic mass is 9.96. The van der Waals surface area contributed by atoms with Gasteiger partial charge in [0.2, 0.25) is 0 Å². The van der Waals surface area contributed by atoms with E-state index in [4.69, 9.17) is 0 Å². The minimum atomic E-state index is 0.0312. The molecule has 1 aliphatic heterocycles. The number of nitrogens with zero attached hydrogens (tertiary/aromatic N) is 2. The second-order valence-electron chi connectivity index (χ2n) is 5.30. The van der Waals surface area contributed by atoms with Crippen molar-refractivity contribution in [3.05, 3.63) is 11.6 Å². The van der Waals surface area contributed by atoms with Gasteiger partial charge in [0.15, 0.2) is 5.82 Å². The molecule has 4 heteroatoms. The zero-order valence-corrected chi connectivity index (χ0v) is 9.80. The van der Waals surface area contributed by atoms with Crippen LogP contribution in [-0.4, -0.2) is 21.7 Å². The molecule has 1 saturated heterocycles. The smallest absolute Gasteiger partial charge is 0.156 e. The van der Waals surface area contributed by atoms with Crippen molar-refractivity contribution in [3.8, 4) is 0 Å². The lowest BCUT2D eigenvalue weighted by molar-refractivity contribution is 0.397. The summed E-state index contributed by atoms with van der Waals surface area (Å²) in [5, 5.41) is 10.8. The highest BCUT2D eigenvalue weighted by atomic mass is 15.2. The fraction of sp³-hybridized carbons (Fsp3) is 0.818. The van der Waals surface area contributed by atoms with Gasteiger partial charge >= 0.3 is 0 Å². The molecule has 0 saturated carbocycles. The van der Waals surface area contributed by atoms with Crippen molar-refractivity contribution in [2.24, 2.45) is 0 Å². The molecule has 0 radical (unpaired) electrons. The quantitative estimate of drug-likeness (QED) is 0.741. The zero-order valence-electron chi connectivity index (χ0n) is 9.80. The molecule has 4 nitrogen and oxygen atoms in total. The molecule has 1 aliphatic rings. The van der Waals surface area contributed by atoms with Crippen LogP contribution in [0.25, 0.3) is 0 Å². The number of hydrogen-bond donors (Lipinski definition) is 2. The van der Waals surface area contributed by atoms with Crippen LogP contribution in [0.5, 0.6) is 0 Å². The Hall–Kier alpha value is -0.900. The first-order valence-electron chi connectivity index (χ1n) is 5.73. The molecule has 1 atom stereocenters. The monoisotopic (exact) mass is 208 g/mol. The fourth-order valence-electron chi connectivity index (χ4n) is 1.85. The van der Waals surface area contributed by atoms with Crippen molar-refractivity contribution < 1.29 is 0 Å². The van der Waals surface area contributed by atoms with Crippen LogP contribution in [0.1, 0.15) is 57.7 Å². The molecule has 1 aromatic heterocycles. The third-order valence-electron chi connectivity index (χ3n) is 2.81. The number of rotatable bonds is 1. The van der Waals surface area contributed by atoms with Crippen LogP contribution in [0.2, 0.25) is 0 Å². The molecule has 0 aromatic carbocycles. The van der Waals surface area contributed by atoms with Crippen molar-refractivity contribution in [1.29, 1.82) is 0 Å². The third-order valence-corrected chi connectivity index (χ3v) is 2.81. The Morgan fingerprint density at radius 2 is 2.07 bits per heavy atom. The fourth-order valence-corrected chi connectivity index (χ4v) is 1.85. The Morgan fingerprint density at radius 3 is 2.60 bits per heavy atom. The van der Waals surface area contributed by atoms with Crippen LogP contribution in [0.15, 0.2) is 0 Å². The summed E-state index contributed by atoms with van der Waals surface area (Å²) in [7, 11) is 0. The van der Waals surface area contributed by atoms with Gasteiger partial charge in [-0.05, 0) is 19.4 Å². The molecule has 0 aliphatic carbocycles. The summed E-state index contributed by atoms with van der Waals surface area (Å²) < 4.78 is 0. The van der Waals surface area contributed by atoms with Crippen molar-refractivity contribution in [1.82, 2.24) is 20.5 Å². The molecule has 1 unspecified atom stereocenters. The topological polar surface area (TPSA) is 53.6 Å². The summed E-state index contributed by atoms with van der Waals surface area (Å²) in [5.41, 5.74) is 0.0312. The molecule has 15 heavy (non-hydrogen) atoms. The summed E-state index contributed by atoms with van der Waals surface area (Å²) in [4.78, 5) is 4.58. The maximum atomic E-state index is 4.58. The highest BCUT2D eigenvalue weighted by Crippen LogP contribution is 2.23. The number of nitrogens with one attached hydrogen (secondary N) is 2. The van der Waals surface area contributed by atoms with Gasteiger partial charge in [0.25, 0.3) is 0 Å². The predicted molar refractivity (Wildman–Crippen MR) is 59.7 cm³/mol.